The number of imide groups is 1. The van der Waals surface area contributed by atoms with E-state index in [1.54, 1.807) is 42.5 Å². The molecule has 4 rings (SSSR count). The highest BCUT2D eigenvalue weighted by Gasteiger charge is 2.42. The summed E-state index contributed by atoms with van der Waals surface area (Å²) in [5.41, 5.74) is 1.04. The molecule has 1 aliphatic heterocycles. The third-order valence-electron chi connectivity index (χ3n) is 5.46. The molecule has 0 aliphatic carbocycles. The normalized spacial score (nSPS) is 14.5. The van der Waals surface area contributed by atoms with E-state index in [1.807, 2.05) is 19.1 Å². The summed E-state index contributed by atoms with van der Waals surface area (Å²) in [5.74, 6) is -0.550. The van der Waals surface area contributed by atoms with Crippen molar-refractivity contribution in [3.05, 3.63) is 71.3 Å². The minimum atomic E-state index is -3.54. The fourth-order valence-electron chi connectivity index (χ4n) is 4.08. The number of carbonyl (C=O) groups excluding carboxylic acids is 2. The molecule has 0 bridgehead atoms. The smallest absolute Gasteiger partial charge is 0.262 e. The molecule has 1 atom stereocenters. The van der Waals surface area contributed by atoms with Gasteiger partial charge >= 0.3 is 0 Å². The Hall–Kier alpha value is -3.39. The molecule has 2 amide bonds. The molecular weight excluding hydrogens is 430 g/mol. The summed E-state index contributed by atoms with van der Waals surface area (Å²) in [7, 11) is -2.04. The van der Waals surface area contributed by atoms with E-state index in [0.717, 1.165) is 16.5 Å². The Balaban J connectivity index is 1.86. The molecule has 0 saturated carbocycles. The van der Waals surface area contributed by atoms with Crippen LogP contribution in [0.4, 0.5) is 0 Å². The highest BCUT2D eigenvalue weighted by Crippen LogP contribution is 2.38. The SMILES string of the molecule is CCOc1cc(C(CS(C)(=O)=O)N2C(=O)c3ccc4ccccc4c3C2=O)ccc1OC. The zero-order chi connectivity index (χ0) is 23.0. The van der Waals surface area contributed by atoms with Crippen LogP contribution in [-0.4, -0.2) is 50.9 Å². The minimum Gasteiger partial charge on any atom is -0.493 e. The van der Waals surface area contributed by atoms with Gasteiger partial charge in [-0.15, -0.1) is 0 Å². The molecule has 166 valence electrons. The maximum Gasteiger partial charge on any atom is 0.262 e. The predicted molar refractivity (Wildman–Crippen MR) is 121 cm³/mol. The van der Waals surface area contributed by atoms with E-state index < -0.39 is 33.4 Å². The van der Waals surface area contributed by atoms with Crippen molar-refractivity contribution in [1.29, 1.82) is 0 Å². The fourth-order valence-corrected chi connectivity index (χ4v) is 5.00. The number of fused-ring (bicyclic) bond motifs is 3. The monoisotopic (exact) mass is 453 g/mol. The quantitative estimate of drug-likeness (QED) is 0.508. The van der Waals surface area contributed by atoms with Crippen molar-refractivity contribution in [3.63, 3.8) is 0 Å². The van der Waals surface area contributed by atoms with Crippen LogP contribution < -0.4 is 9.47 Å². The Bertz CT molecular complexity index is 1330. The topological polar surface area (TPSA) is 90.0 Å². The summed E-state index contributed by atoms with van der Waals surface area (Å²) in [5, 5.41) is 1.49. The van der Waals surface area contributed by atoms with Gasteiger partial charge in [-0.2, -0.15) is 0 Å². The standard InChI is InChI=1S/C24H23NO6S/c1-4-31-21-13-16(10-12-20(21)30-2)19(14-32(3,28)29)25-23(26)18-11-9-15-7-5-6-8-17(15)22(18)24(25)27/h5-13,19H,4,14H2,1-3H3. The number of nitrogens with zero attached hydrogens (tertiary/aromatic N) is 1. The molecule has 8 heteroatoms. The van der Waals surface area contributed by atoms with E-state index in [1.165, 1.54) is 7.11 Å². The second-order valence-corrected chi connectivity index (χ2v) is 9.83. The second-order valence-electron chi connectivity index (χ2n) is 7.64. The second kappa shape index (κ2) is 8.27. The Morgan fingerprint density at radius 1 is 0.969 bits per heavy atom. The van der Waals surface area contributed by atoms with E-state index >= 15 is 0 Å². The average Bonchev–Trinajstić information content (AvgIpc) is 3.02. The summed E-state index contributed by atoms with van der Waals surface area (Å²) >= 11 is 0. The van der Waals surface area contributed by atoms with Gasteiger partial charge in [0.1, 0.15) is 9.84 Å². The van der Waals surface area contributed by atoms with Gasteiger partial charge in [0.25, 0.3) is 11.8 Å². The van der Waals surface area contributed by atoms with E-state index in [-0.39, 0.29) is 5.56 Å². The first-order valence-electron chi connectivity index (χ1n) is 10.1. The van der Waals surface area contributed by atoms with Gasteiger partial charge in [0.05, 0.1) is 36.6 Å². The summed E-state index contributed by atoms with van der Waals surface area (Å²) in [6.07, 6.45) is 1.08. The van der Waals surface area contributed by atoms with E-state index in [9.17, 15) is 18.0 Å². The molecule has 0 N–H and O–H groups in total. The number of rotatable bonds is 7. The first-order chi connectivity index (χ1) is 15.2. The summed E-state index contributed by atoms with van der Waals surface area (Å²) in [6, 6.07) is 14.6. The number of benzene rings is 3. The predicted octanol–water partition coefficient (Wildman–Crippen LogP) is 3.63. The number of hydrogen-bond acceptors (Lipinski definition) is 6. The van der Waals surface area contributed by atoms with Crippen LogP contribution in [0.15, 0.2) is 54.6 Å². The van der Waals surface area contributed by atoms with Gasteiger partial charge in [-0.05, 0) is 41.5 Å². The lowest BCUT2D eigenvalue weighted by molar-refractivity contribution is 0.0598. The van der Waals surface area contributed by atoms with Gasteiger partial charge in [-0.25, -0.2) is 8.42 Å². The van der Waals surface area contributed by atoms with Crippen LogP contribution in [0.25, 0.3) is 10.8 Å². The Morgan fingerprint density at radius 3 is 2.41 bits per heavy atom. The van der Waals surface area contributed by atoms with Gasteiger partial charge in [-0.1, -0.05) is 36.4 Å². The molecule has 0 saturated heterocycles. The third kappa shape index (κ3) is 3.82. The maximum atomic E-state index is 13.5. The number of carbonyl (C=O) groups is 2. The van der Waals surface area contributed by atoms with Gasteiger partial charge in [0, 0.05) is 6.26 Å². The first-order valence-corrected chi connectivity index (χ1v) is 12.2. The van der Waals surface area contributed by atoms with Crippen LogP contribution in [0.5, 0.6) is 11.5 Å². The summed E-state index contributed by atoms with van der Waals surface area (Å²) in [6.45, 7) is 2.19. The van der Waals surface area contributed by atoms with Crippen LogP contribution >= 0.6 is 0 Å². The molecule has 7 nitrogen and oxygen atoms in total. The largest absolute Gasteiger partial charge is 0.493 e. The molecular formula is C24H23NO6S. The van der Waals surface area contributed by atoms with Gasteiger partial charge in [0.15, 0.2) is 11.5 Å². The van der Waals surface area contributed by atoms with Crippen LogP contribution in [0, 0.1) is 0 Å². The van der Waals surface area contributed by atoms with Crippen molar-refractivity contribution in [2.45, 2.75) is 13.0 Å². The lowest BCUT2D eigenvalue weighted by Crippen LogP contribution is -2.37. The number of sulfone groups is 1. The molecule has 0 spiro atoms. The van der Waals surface area contributed by atoms with E-state index in [2.05, 4.69) is 0 Å². The van der Waals surface area contributed by atoms with Gasteiger partial charge in [-0.3, -0.25) is 14.5 Å². The molecule has 3 aromatic carbocycles. The van der Waals surface area contributed by atoms with Crippen LogP contribution in [-0.2, 0) is 9.84 Å². The molecule has 0 aromatic heterocycles. The lowest BCUT2D eigenvalue weighted by atomic mass is 10.0. The highest BCUT2D eigenvalue weighted by atomic mass is 32.2. The minimum absolute atomic E-state index is 0.269. The van der Waals surface area contributed by atoms with E-state index in [4.69, 9.17) is 9.47 Å². The van der Waals surface area contributed by atoms with Crippen molar-refractivity contribution in [2.75, 3.05) is 25.7 Å². The van der Waals surface area contributed by atoms with Crippen LogP contribution in [0.2, 0.25) is 0 Å². The maximum absolute atomic E-state index is 13.5. The fraction of sp³-hybridized carbons (Fsp3) is 0.250. The molecule has 0 radical (unpaired) electrons. The number of methoxy groups -OCH3 is 1. The molecule has 1 heterocycles. The Morgan fingerprint density at radius 2 is 1.72 bits per heavy atom. The van der Waals surface area contributed by atoms with Gasteiger partial charge in [0.2, 0.25) is 0 Å². The zero-order valence-electron chi connectivity index (χ0n) is 18.0. The average molecular weight is 454 g/mol. The first kappa shape index (κ1) is 21.8. The molecule has 1 unspecified atom stereocenters. The van der Waals surface area contributed by atoms with Crippen LogP contribution in [0.3, 0.4) is 0 Å². The molecule has 0 fully saturated rings. The van der Waals surface area contributed by atoms with Crippen molar-refractivity contribution in [2.24, 2.45) is 0 Å². The third-order valence-corrected chi connectivity index (χ3v) is 6.38. The van der Waals surface area contributed by atoms with Crippen molar-refractivity contribution in [1.82, 2.24) is 4.90 Å². The number of amides is 2. The molecule has 32 heavy (non-hydrogen) atoms. The summed E-state index contributed by atoms with van der Waals surface area (Å²) < 4.78 is 35.5. The number of ether oxygens (including phenoxy) is 2. The van der Waals surface area contributed by atoms with Crippen molar-refractivity contribution < 1.29 is 27.5 Å². The number of hydrogen-bond donors (Lipinski definition) is 0. The van der Waals surface area contributed by atoms with E-state index in [0.29, 0.717) is 34.6 Å². The molecule has 1 aliphatic rings. The lowest BCUT2D eigenvalue weighted by Gasteiger charge is -2.26. The Labute approximate surface area is 186 Å². The highest BCUT2D eigenvalue weighted by molar-refractivity contribution is 7.90. The molecule has 3 aromatic rings. The van der Waals surface area contributed by atoms with Crippen molar-refractivity contribution in [3.8, 4) is 11.5 Å². The zero-order valence-corrected chi connectivity index (χ0v) is 18.8. The van der Waals surface area contributed by atoms with Crippen molar-refractivity contribution >= 4 is 32.4 Å². The van der Waals surface area contributed by atoms with Crippen LogP contribution in [0.1, 0.15) is 39.2 Å². The van der Waals surface area contributed by atoms with Gasteiger partial charge < -0.3 is 9.47 Å². The Kier molecular flexibility index (Phi) is 5.64. The summed E-state index contributed by atoms with van der Waals surface area (Å²) in [4.78, 5) is 27.9.